The van der Waals surface area contributed by atoms with Gasteiger partial charge in [-0.2, -0.15) is 0 Å². The summed E-state index contributed by atoms with van der Waals surface area (Å²) in [6, 6.07) is 6.69. The van der Waals surface area contributed by atoms with Crippen molar-refractivity contribution in [2.24, 2.45) is 11.8 Å². The molecule has 2 unspecified atom stereocenters. The summed E-state index contributed by atoms with van der Waals surface area (Å²) in [5.41, 5.74) is 0.814. The number of carbonyl (C=O) groups is 2. The van der Waals surface area contributed by atoms with Crippen LogP contribution in [0.2, 0.25) is 0 Å². The zero-order valence-corrected chi connectivity index (χ0v) is 19.6. The van der Waals surface area contributed by atoms with Crippen molar-refractivity contribution in [2.45, 2.75) is 91.9 Å². The molecule has 1 aromatic rings. The number of esters is 2. The van der Waals surface area contributed by atoms with Crippen LogP contribution in [0.3, 0.4) is 0 Å². The third-order valence-corrected chi connectivity index (χ3v) is 5.69. The van der Waals surface area contributed by atoms with Crippen LogP contribution in [-0.4, -0.2) is 25.2 Å². The van der Waals surface area contributed by atoms with E-state index in [-0.39, 0.29) is 11.9 Å². The largest absolute Gasteiger partial charge is 0.462 e. The van der Waals surface area contributed by atoms with Crippen molar-refractivity contribution in [1.29, 1.82) is 0 Å². The van der Waals surface area contributed by atoms with E-state index in [9.17, 15) is 9.59 Å². The van der Waals surface area contributed by atoms with E-state index in [1.165, 1.54) is 19.3 Å². The highest BCUT2D eigenvalue weighted by molar-refractivity contribution is 5.95. The lowest BCUT2D eigenvalue weighted by Crippen LogP contribution is -2.16. The van der Waals surface area contributed by atoms with Crippen LogP contribution in [0, 0.1) is 11.8 Å². The minimum atomic E-state index is -0.372. The summed E-state index contributed by atoms with van der Waals surface area (Å²) in [4.78, 5) is 25.0. The fourth-order valence-corrected chi connectivity index (χ4v) is 3.63. The van der Waals surface area contributed by atoms with E-state index in [0.29, 0.717) is 36.2 Å². The molecule has 0 saturated heterocycles. The molecule has 30 heavy (non-hydrogen) atoms. The Morgan fingerprint density at radius 3 is 1.83 bits per heavy atom. The van der Waals surface area contributed by atoms with Gasteiger partial charge in [-0.25, -0.2) is 9.59 Å². The van der Waals surface area contributed by atoms with E-state index in [1.54, 1.807) is 24.3 Å². The second-order valence-electron chi connectivity index (χ2n) is 8.34. The SMILES string of the molecule is CCCCCC(CCC)COC(=O)c1cccc(C(=O)OCC(CC)CCCC)c1. The number of carbonyl (C=O) groups excluding carboxylic acids is 2. The maximum Gasteiger partial charge on any atom is 0.338 e. The Balaban J connectivity index is 2.59. The lowest BCUT2D eigenvalue weighted by molar-refractivity contribution is 0.0422. The molecular weight excluding hydrogens is 376 g/mol. The van der Waals surface area contributed by atoms with Gasteiger partial charge in [-0.3, -0.25) is 0 Å². The number of rotatable bonds is 16. The first-order chi connectivity index (χ1) is 14.5. The van der Waals surface area contributed by atoms with Crippen molar-refractivity contribution in [3.8, 4) is 0 Å². The lowest BCUT2D eigenvalue weighted by Gasteiger charge is -2.16. The van der Waals surface area contributed by atoms with E-state index >= 15 is 0 Å². The summed E-state index contributed by atoms with van der Waals surface area (Å²) >= 11 is 0. The standard InChI is InChI=1S/C26H42O4/c1-5-9-11-15-22(13-7-3)20-30-26(28)24-17-12-16-23(18-24)25(27)29-19-21(8-4)14-10-6-2/h12,16-18,21-22H,5-11,13-15,19-20H2,1-4H3. The van der Waals surface area contributed by atoms with Gasteiger partial charge in [-0.1, -0.05) is 78.7 Å². The van der Waals surface area contributed by atoms with Crippen LogP contribution >= 0.6 is 0 Å². The topological polar surface area (TPSA) is 52.6 Å². The van der Waals surface area contributed by atoms with E-state index in [1.807, 2.05) is 0 Å². The number of hydrogen-bond donors (Lipinski definition) is 0. The molecule has 4 nitrogen and oxygen atoms in total. The first-order valence-corrected chi connectivity index (χ1v) is 12.0. The molecule has 0 radical (unpaired) electrons. The van der Waals surface area contributed by atoms with Crippen LogP contribution < -0.4 is 0 Å². The number of hydrogen-bond acceptors (Lipinski definition) is 4. The summed E-state index contributed by atoms with van der Waals surface area (Å²) in [5.74, 6) is 0.0663. The van der Waals surface area contributed by atoms with Crippen LogP contribution in [0.4, 0.5) is 0 Å². The second-order valence-corrected chi connectivity index (χ2v) is 8.34. The van der Waals surface area contributed by atoms with Crippen molar-refractivity contribution in [3.05, 3.63) is 35.4 Å². The van der Waals surface area contributed by atoms with Gasteiger partial charge in [0.05, 0.1) is 24.3 Å². The Morgan fingerprint density at radius 2 is 1.30 bits per heavy atom. The predicted molar refractivity (Wildman–Crippen MR) is 123 cm³/mol. The molecule has 0 bridgehead atoms. The summed E-state index contributed by atoms with van der Waals surface area (Å²) in [7, 11) is 0. The first kappa shape index (κ1) is 26.2. The summed E-state index contributed by atoms with van der Waals surface area (Å²) in [6.07, 6.45) is 11.2. The van der Waals surface area contributed by atoms with Gasteiger partial charge in [-0.05, 0) is 49.3 Å². The van der Waals surface area contributed by atoms with E-state index in [0.717, 1.165) is 44.9 Å². The predicted octanol–water partition coefficient (Wildman–Crippen LogP) is 7.21. The first-order valence-electron chi connectivity index (χ1n) is 12.0. The third-order valence-electron chi connectivity index (χ3n) is 5.69. The molecule has 0 aromatic heterocycles. The fraction of sp³-hybridized carbons (Fsp3) is 0.692. The molecule has 0 aliphatic rings. The maximum absolute atomic E-state index is 12.5. The van der Waals surface area contributed by atoms with Gasteiger partial charge in [-0.15, -0.1) is 0 Å². The molecule has 0 fully saturated rings. The molecular formula is C26H42O4. The Bertz CT molecular complexity index is 611. The molecule has 0 aliphatic carbocycles. The molecule has 0 saturated carbocycles. The zero-order valence-electron chi connectivity index (χ0n) is 19.6. The van der Waals surface area contributed by atoms with E-state index < -0.39 is 0 Å². The molecule has 0 amide bonds. The fourth-order valence-electron chi connectivity index (χ4n) is 3.63. The molecule has 1 rings (SSSR count). The van der Waals surface area contributed by atoms with Crippen LogP contribution in [0.1, 0.15) is 113 Å². The maximum atomic E-state index is 12.5. The monoisotopic (exact) mass is 418 g/mol. The highest BCUT2D eigenvalue weighted by atomic mass is 16.5. The number of benzene rings is 1. The summed E-state index contributed by atoms with van der Waals surface area (Å²) < 4.78 is 11.1. The Labute approximate surface area is 183 Å². The molecule has 1 aromatic carbocycles. The van der Waals surface area contributed by atoms with Crippen molar-refractivity contribution >= 4 is 11.9 Å². The van der Waals surface area contributed by atoms with Crippen LogP contribution in [0.15, 0.2) is 24.3 Å². The van der Waals surface area contributed by atoms with Crippen LogP contribution in [0.25, 0.3) is 0 Å². The van der Waals surface area contributed by atoms with Crippen molar-refractivity contribution in [1.82, 2.24) is 0 Å². The minimum absolute atomic E-state index is 0.365. The zero-order chi connectivity index (χ0) is 22.2. The summed E-state index contributed by atoms with van der Waals surface area (Å²) in [6.45, 7) is 9.52. The normalized spacial score (nSPS) is 12.9. The molecule has 170 valence electrons. The highest BCUT2D eigenvalue weighted by Gasteiger charge is 2.16. The average molecular weight is 419 g/mol. The van der Waals surface area contributed by atoms with Crippen LogP contribution in [0.5, 0.6) is 0 Å². The van der Waals surface area contributed by atoms with Gasteiger partial charge in [0, 0.05) is 0 Å². The molecule has 2 atom stereocenters. The third kappa shape index (κ3) is 10.3. The van der Waals surface area contributed by atoms with Crippen molar-refractivity contribution in [3.63, 3.8) is 0 Å². The summed E-state index contributed by atoms with van der Waals surface area (Å²) in [5, 5.41) is 0. The Hall–Kier alpha value is -1.84. The van der Waals surface area contributed by atoms with Crippen molar-refractivity contribution < 1.29 is 19.1 Å². The van der Waals surface area contributed by atoms with E-state index in [2.05, 4.69) is 27.7 Å². The van der Waals surface area contributed by atoms with Gasteiger partial charge in [0.25, 0.3) is 0 Å². The van der Waals surface area contributed by atoms with Gasteiger partial charge in [0.15, 0.2) is 0 Å². The van der Waals surface area contributed by atoms with Crippen LogP contribution in [-0.2, 0) is 9.47 Å². The van der Waals surface area contributed by atoms with Gasteiger partial charge in [0.1, 0.15) is 0 Å². The van der Waals surface area contributed by atoms with Crippen molar-refractivity contribution in [2.75, 3.05) is 13.2 Å². The van der Waals surface area contributed by atoms with Gasteiger partial charge < -0.3 is 9.47 Å². The smallest absolute Gasteiger partial charge is 0.338 e. The minimum Gasteiger partial charge on any atom is -0.462 e. The van der Waals surface area contributed by atoms with Gasteiger partial charge >= 0.3 is 11.9 Å². The Morgan fingerprint density at radius 1 is 0.733 bits per heavy atom. The average Bonchev–Trinajstić information content (AvgIpc) is 2.77. The molecule has 0 heterocycles. The molecule has 0 spiro atoms. The molecule has 0 aliphatic heterocycles. The lowest BCUT2D eigenvalue weighted by atomic mass is 9.97. The van der Waals surface area contributed by atoms with Gasteiger partial charge in [0.2, 0.25) is 0 Å². The molecule has 0 N–H and O–H groups in total. The second kappa shape index (κ2) is 15.9. The number of ether oxygens (including phenoxy) is 2. The highest BCUT2D eigenvalue weighted by Crippen LogP contribution is 2.18. The number of unbranched alkanes of at least 4 members (excludes halogenated alkanes) is 3. The van der Waals surface area contributed by atoms with E-state index in [4.69, 9.17) is 9.47 Å². The molecule has 4 heteroatoms. The quantitative estimate of drug-likeness (QED) is 0.210. The Kier molecular flexibility index (Phi) is 13.9.